The minimum absolute atomic E-state index is 0.252. The predicted molar refractivity (Wildman–Crippen MR) is 82.8 cm³/mol. The molecule has 2 aromatic rings. The molecule has 0 aromatic heterocycles. The molecule has 2 aromatic carbocycles. The molecule has 0 heterocycles. The van der Waals surface area contributed by atoms with Crippen LogP contribution in [-0.2, 0) is 6.42 Å². The first-order valence-corrected chi connectivity index (χ1v) is 7.02. The summed E-state index contributed by atoms with van der Waals surface area (Å²) < 4.78 is 24.0. The minimum atomic E-state index is -0.252. The Kier molecular flexibility index (Phi) is 5.43. The van der Waals surface area contributed by atoms with E-state index < -0.39 is 0 Å². The highest BCUT2D eigenvalue weighted by molar-refractivity contribution is 5.44. The molecule has 0 aliphatic heterocycles. The Morgan fingerprint density at radius 2 is 1.95 bits per heavy atom. The van der Waals surface area contributed by atoms with Crippen molar-refractivity contribution in [3.05, 3.63) is 53.8 Å². The molecular weight excluding hydrogens is 269 g/mol. The molecule has 0 unspecified atom stereocenters. The van der Waals surface area contributed by atoms with E-state index in [1.807, 2.05) is 24.3 Å². The maximum absolute atomic E-state index is 13.0. The number of benzene rings is 2. The third kappa shape index (κ3) is 4.38. The second-order valence-electron chi connectivity index (χ2n) is 4.62. The molecule has 0 bridgehead atoms. The summed E-state index contributed by atoms with van der Waals surface area (Å²) in [5.41, 5.74) is 1.95. The third-order valence-electron chi connectivity index (χ3n) is 3.15. The summed E-state index contributed by atoms with van der Waals surface area (Å²) in [6.45, 7) is 3.15. The Morgan fingerprint density at radius 3 is 2.67 bits per heavy atom. The molecule has 3 nitrogen and oxygen atoms in total. The van der Waals surface area contributed by atoms with Crippen LogP contribution in [0.1, 0.15) is 12.5 Å². The van der Waals surface area contributed by atoms with Crippen LogP contribution >= 0.6 is 0 Å². The standard InChI is InChI=1S/C17H20FNO2/c1-3-13-7-8-16(17(11-13)20-2)21-10-9-19-15-6-4-5-14(18)12-15/h4-8,11-12,19H,3,9-10H2,1-2H3. The summed E-state index contributed by atoms with van der Waals surface area (Å²) in [6.07, 6.45) is 0.956. The van der Waals surface area contributed by atoms with Gasteiger partial charge in [-0.25, -0.2) is 4.39 Å². The van der Waals surface area contributed by atoms with Crippen molar-refractivity contribution in [1.29, 1.82) is 0 Å². The maximum atomic E-state index is 13.0. The van der Waals surface area contributed by atoms with Gasteiger partial charge in [-0.15, -0.1) is 0 Å². The molecule has 112 valence electrons. The van der Waals surface area contributed by atoms with Gasteiger partial charge in [0.05, 0.1) is 7.11 Å². The number of hydrogen-bond acceptors (Lipinski definition) is 3. The summed E-state index contributed by atoms with van der Waals surface area (Å²) >= 11 is 0. The lowest BCUT2D eigenvalue weighted by atomic mass is 10.1. The molecular formula is C17H20FNO2. The number of methoxy groups -OCH3 is 1. The number of aryl methyl sites for hydroxylation is 1. The topological polar surface area (TPSA) is 30.5 Å². The maximum Gasteiger partial charge on any atom is 0.161 e. The lowest BCUT2D eigenvalue weighted by Crippen LogP contribution is -2.12. The first-order chi connectivity index (χ1) is 10.2. The molecule has 0 spiro atoms. The normalized spacial score (nSPS) is 10.2. The molecule has 0 amide bonds. The van der Waals surface area contributed by atoms with E-state index in [1.54, 1.807) is 13.2 Å². The Bertz CT molecular complexity index is 587. The van der Waals surface area contributed by atoms with Crippen molar-refractivity contribution < 1.29 is 13.9 Å². The van der Waals surface area contributed by atoms with E-state index in [4.69, 9.17) is 9.47 Å². The quantitative estimate of drug-likeness (QED) is 0.784. The lowest BCUT2D eigenvalue weighted by molar-refractivity contribution is 0.305. The van der Waals surface area contributed by atoms with Crippen LogP contribution in [0, 0.1) is 5.82 Å². The number of rotatable bonds is 7. The SMILES string of the molecule is CCc1ccc(OCCNc2cccc(F)c2)c(OC)c1. The highest BCUT2D eigenvalue weighted by atomic mass is 19.1. The largest absolute Gasteiger partial charge is 0.493 e. The minimum Gasteiger partial charge on any atom is -0.493 e. The van der Waals surface area contributed by atoms with Gasteiger partial charge in [-0.3, -0.25) is 0 Å². The van der Waals surface area contributed by atoms with Crippen molar-refractivity contribution in [2.75, 3.05) is 25.6 Å². The zero-order chi connectivity index (χ0) is 15.1. The molecule has 1 N–H and O–H groups in total. The predicted octanol–water partition coefficient (Wildman–Crippen LogP) is 3.89. The van der Waals surface area contributed by atoms with E-state index >= 15 is 0 Å². The number of anilines is 1. The molecule has 0 fully saturated rings. The number of halogens is 1. The van der Waals surface area contributed by atoms with Crippen molar-refractivity contribution in [2.45, 2.75) is 13.3 Å². The molecule has 4 heteroatoms. The van der Waals surface area contributed by atoms with E-state index in [0.717, 1.165) is 23.6 Å². The Morgan fingerprint density at radius 1 is 1.10 bits per heavy atom. The summed E-state index contributed by atoms with van der Waals surface area (Å²) in [6, 6.07) is 12.3. The Balaban J connectivity index is 1.86. The average molecular weight is 289 g/mol. The molecule has 2 rings (SSSR count). The Hall–Kier alpha value is -2.23. The molecule has 0 radical (unpaired) electrons. The highest BCUT2D eigenvalue weighted by Crippen LogP contribution is 2.28. The van der Waals surface area contributed by atoms with E-state index in [-0.39, 0.29) is 5.82 Å². The van der Waals surface area contributed by atoms with Gasteiger partial charge >= 0.3 is 0 Å². The molecule has 0 aliphatic rings. The van der Waals surface area contributed by atoms with Crippen molar-refractivity contribution in [2.24, 2.45) is 0 Å². The van der Waals surface area contributed by atoms with Gasteiger partial charge in [0.15, 0.2) is 11.5 Å². The summed E-state index contributed by atoms with van der Waals surface area (Å²) in [7, 11) is 1.63. The van der Waals surface area contributed by atoms with E-state index in [2.05, 4.69) is 12.2 Å². The smallest absolute Gasteiger partial charge is 0.161 e. The molecule has 0 aliphatic carbocycles. The Labute approximate surface area is 124 Å². The lowest BCUT2D eigenvalue weighted by Gasteiger charge is -2.12. The first-order valence-electron chi connectivity index (χ1n) is 7.02. The fourth-order valence-corrected chi connectivity index (χ4v) is 2.01. The van der Waals surface area contributed by atoms with Crippen LogP contribution in [0.15, 0.2) is 42.5 Å². The van der Waals surface area contributed by atoms with Crippen molar-refractivity contribution in [1.82, 2.24) is 0 Å². The van der Waals surface area contributed by atoms with Crippen LogP contribution in [0.2, 0.25) is 0 Å². The highest BCUT2D eigenvalue weighted by Gasteiger charge is 2.05. The molecule has 0 saturated carbocycles. The van der Waals surface area contributed by atoms with Gasteiger partial charge in [0.2, 0.25) is 0 Å². The first kappa shape index (κ1) is 15.2. The molecule has 21 heavy (non-hydrogen) atoms. The summed E-state index contributed by atoms with van der Waals surface area (Å²) in [4.78, 5) is 0. The van der Waals surface area contributed by atoms with Gasteiger partial charge in [-0.2, -0.15) is 0 Å². The van der Waals surface area contributed by atoms with Gasteiger partial charge < -0.3 is 14.8 Å². The molecule has 0 saturated heterocycles. The van der Waals surface area contributed by atoms with Crippen molar-refractivity contribution >= 4 is 5.69 Å². The number of hydrogen-bond donors (Lipinski definition) is 1. The average Bonchev–Trinajstić information content (AvgIpc) is 2.51. The van der Waals surface area contributed by atoms with Gasteiger partial charge in [-0.1, -0.05) is 19.1 Å². The van der Waals surface area contributed by atoms with Crippen LogP contribution in [0.5, 0.6) is 11.5 Å². The van der Waals surface area contributed by atoms with E-state index in [1.165, 1.54) is 17.7 Å². The van der Waals surface area contributed by atoms with Gasteiger partial charge in [0.1, 0.15) is 12.4 Å². The van der Waals surface area contributed by atoms with Crippen LogP contribution in [-0.4, -0.2) is 20.3 Å². The second kappa shape index (κ2) is 7.53. The van der Waals surface area contributed by atoms with Crippen molar-refractivity contribution in [3.63, 3.8) is 0 Å². The summed E-state index contributed by atoms with van der Waals surface area (Å²) in [5.74, 6) is 1.20. The van der Waals surface area contributed by atoms with Gasteiger partial charge in [0, 0.05) is 12.2 Å². The van der Waals surface area contributed by atoms with Crippen LogP contribution < -0.4 is 14.8 Å². The van der Waals surface area contributed by atoms with E-state index in [9.17, 15) is 4.39 Å². The zero-order valence-electron chi connectivity index (χ0n) is 12.4. The fourth-order valence-electron chi connectivity index (χ4n) is 2.01. The van der Waals surface area contributed by atoms with Crippen molar-refractivity contribution in [3.8, 4) is 11.5 Å². The van der Waals surface area contributed by atoms with Crippen LogP contribution in [0.25, 0.3) is 0 Å². The number of ether oxygens (including phenoxy) is 2. The summed E-state index contributed by atoms with van der Waals surface area (Å²) in [5, 5.41) is 3.11. The fraction of sp³-hybridized carbons (Fsp3) is 0.294. The van der Waals surface area contributed by atoms with E-state index in [0.29, 0.717) is 13.2 Å². The monoisotopic (exact) mass is 289 g/mol. The van der Waals surface area contributed by atoms with Crippen LogP contribution in [0.3, 0.4) is 0 Å². The zero-order valence-corrected chi connectivity index (χ0v) is 12.4. The second-order valence-corrected chi connectivity index (χ2v) is 4.62. The molecule has 0 atom stereocenters. The third-order valence-corrected chi connectivity index (χ3v) is 3.15. The number of nitrogens with one attached hydrogen (secondary N) is 1. The van der Waals surface area contributed by atoms with Gasteiger partial charge in [0.25, 0.3) is 0 Å². The van der Waals surface area contributed by atoms with Crippen LogP contribution in [0.4, 0.5) is 10.1 Å². The van der Waals surface area contributed by atoms with Gasteiger partial charge in [-0.05, 0) is 42.3 Å².